The smallest absolute Gasteiger partial charge is 0.209 e. The van der Waals surface area contributed by atoms with Crippen LogP contribution in [0.4, 0.5) is 0 Å². The molecule has 1 aliphatic rings. The maximum atomic E-state index is 6.19. The number of hydrogen-bond donors (Lipinski definition) is 1. The number of hydrogen-bond acceptors (Lipinski definition) is 4. The van der Waals surface area contributed by atoms with Gasteiger partial charge >= 0.3 is 0 Å². The third-order valence-electron chi connectivity index (χ3n) is 4.43. The van der Waals surface area contributed by atoms with Gasteiger partial charge in [0.05, 0.1) is 12.7 Å². The van der Waals surface area contributed by atoms with Crippen LogP contribution in [0, 0.1) is 5.41 Å². The largest absolute Gasteiger partial charge is 0.439 e. The van der Waals surface area contributed by atoms with E-state index in [1.54, 1.807) is 6.20 Å². The van der Waals surface area contributed by atoms with Gasteiger partial charge in [0.2, 0.25) is 5.89 Å². The highest BCUT2D eigenvalue weighted by Gasteiger charge is 2.33. The summed E-state index contributed by atoms with van der Waals surface area (Å²) in [6.45, 7) is 7.18. The molecule has 0 bridgehead atoms. The van der Waals surface area contributed by atoms with Crippen molar-refractivity contribution in [3.63, 3.8) is 0 Å². The quantitative estimate of drug-likeness (QED) is 0.768. The average Bonchev–Trinajstić information content (AvgIpc) is 2.92. The molecule has 0 saturated carbocycles. The van der Waals surface area contributed by atoms with Gasteiger partial charge in [-0.05, 0) is 24.0 Å². The normalized spacial score (nSPS) is 20.1. The van der Waals surface area contributed by atoms with Crippen molar-refractivity contribution in [2.75, 3.05) is 13.1 Å². The summed E-state index contributed by atoms with van der Waals surface area (Å²) < 4.78 is 6.97. The van der Waals surface area contributed by atoms with E-state index in [9.17, 15) is 0 Å². The maximum Gasteiger partial charge on any atom is 0.209 e. The molecule has 1 aromatic carbocycles. The summed E-state index contributed by atoms with van der Waals surface area (Å²) in [5.74, 6) is 1.58. The number of benzene rings is 1. The lowest BCUT2D eigenvalue weighted by Crippen LogP contribution is -2.52. The lowest BCUT2D eigenvalue weighted by molar-refractivity contribution is 0.0832. The molecule has 1 saturated heterocycles. The van der Waals surface area contributed by atoms with Crippen molar-refractivity contribution in [3.05, 3.63) is 40.8 Å². The first-order valence-electron chi connectivity index (χ1n) is 7.63. The molecular formula is C17H24BrCl2N3O. The molecule has 24 heavy (non-hydrogen) atoms. The third-order valence-corrected chi connectivity index (χ3v) is 4.96. The minimum atomic E-state index is 0. The Balaban J connectivity index is 0.00000144. The number of oxazole rings is 1. The van der Waals surface area contributed by atoms with Gasteiger partial charge in [-0.15, -0.1) is 24.8 Å². The monoisotopic (exact) mass is 435 g/mol. The van der Waals surface area contributed by atoms with E-state index in [1.807, 2.05) is 24.3 Å². The number of aromatic nitrogens is 1. The van der Waals surface area contributed by atoms with E-state index in [2.05, 4.69) is 39.7 Å². The maximum absolute atomic E-state index is 6.19. The molecule has 7 heteroatoms. The highest BCUT2D eigenvalue weighted by atomic mass is 79.9. The average molecular weight is 437 g/mol. The molecule has 0 aliphatic carbocycles. The van der Waals surface area contributed by atoms with Crippen molar-refractivity contribution in [3.8, 4) is 11.3 Å². The molecule has 1 aliphatic heterocycles. The summed E-state index contributed by atoms with van der Waals surface area (Å²) in [5.41, 5.74) is 7.37. The SMILES string of the molecule is CC1(C)CN(Cc2ncc(-c3ccc(Br)cc3)o2)CCC1N.Cl.Cl. The number of rotatable bonds is 3. The van der Waals surface area contributed by atoms with E-state index >= 15 is 0 Å². The lowest BCUT2D eigenvalue weighted by atomic mass is 9.80. The van der Waals surface area contributed by atoms with Crippen LogP contribution in [0.5, 0.6) is 0 Å². The van der Waals surface area contributed by atoms with Gasteiger partial charge in [-0.2, -0.15) is 0 Å². The van der Waals surface area contributed by atoms with Crippen molar-refractivity contribution in [1.29, 1.82) is 0 Å². The van der Waals surface area contributed by atoms with Crippen LogP contribution in [0.2, 0.25) is 0 Å². The molecule has 2 N–H and O–H groups in total. The van der Waals surface area contributed by atoms with Gasteiger partial charge in [0.15, 0.2) is 5.76 Å². The van der Waals surface area contributed by atoms with E-state index in [0.717, 1.165) is 47.7 Å². The molecule has 1 aromatic heterocycles. The Kier molecular flexibility index (Phi) is 7.75. The first-order chi connectivity index (χ1) is 10.4. The molecule has 2 heterocycles. The van der Waals surface area contributed by atoms with Crippen LogP contribution in [-0.4, -0.2) is 29.0 Å². The standard InChI is InChI=1S/C17H22BrN3O.2ClH/c1-17(2)11-21(8-7-15(17)19)10-16-20-9-14(22-16)12-3-5-13(18)6-4-12;;/h3-6,9,15H,7-8,10-11,19H2,1-2H3;2*1H. The number of nitrogens with zero attached hydrogens (tertiary/aromatic N) is 2. The first-order valence-corrected chi connectivity index (χ1v) is 8.42. The predicted octanol–water partition coefficient (Wildman–Crippen LogP) is 4.51. The summed E-state index contributed by atoms with van der Waals surface area (Å²) in [4.78, 5) is 6.80. The van der Waals surface area contributed by atoms with E-state index in [0.29, 0.717) is 0 Å². The summed E-state index contributed by atoms with van der Waals surface area (Å²) in [6.07, 6.45) is 2.83. The number of halogens is 3. The lowest BCUT2D eigenvalue weighted by Gasteiger charge is -2.42. The molecule has 0 radical (unpaired) electrons. The second-order valence-corrected chi connectivity index (χ2v) is 7.64. The van der Waals surface area contributed by atoms with Crippen molar-refractivity contribution in [1.82, 2.24) is 9.88 Å². The molecule has 1 unspecified atom stereocenters. The number of piperidine rings is 1. The third kappa shape index (κ3) is 4.96. The van der Waals surface area contributed by atoms with Crippen LogP contribution in [0.25, 0.3) is 11.3 Å². The number of likely N-dealkylation sites (tertiary alicyclic amines) is 1. The minimum Gasteiger partial charge on any atom is -0.439 e. The van der Waals surface area contributed by atoms with Gasteiger partial charge in [0.1, 0.15) is 0 Å². The fraction of sp³-hybridized carbons (Fsp3) is 0.471. The Bertz CT molecular complexity index is 646. The molecule has 0 amide bonds. The highest BCUT2D eigenvalue weighted by Crippen LogP contribution is 2.29. The molecule has 1 atom stereocenters. The van der Waals surface area contributed by atoms with Crippen LogP contribution in [0.3, 0.4) is 0 Å². The van der Waals surface area contributed by atoms with Crippen molar-refractivity contribution in [2.45, 2.75) is 32.9 Å². The molecule has 4 nitrogen and oxygen atoms in total. The van der Waals surface area contributed by atoms with Gasteiger partial charge in [0.25, 0.3) is 0 Å². The van der Waals surface area contributed by atoms with Gasteiger partial charge in [-0.25, -0.2) is 4.98 Å². The topological polar surface area (TPSA) is 55.3 Å². The van der Waals surface area contributed by atoms with Crippen molar-refractivity contribution >= 4 is 40.7 Å². The Morgan fingerprint density at radius 3 is 2.58 bits per heavy atom. The zero-order valence-electron chi connectivity index (χ0n) is 13.9. The second kappa shape index (κ2) is 8.68. The Hall–Kier alpha value is -0.590. The Labute approximate surface area is 164 Å². The summed E-state index contributed by atoms with van der Waals surface area (Å²) in [7, 11) is 0. The summed E-state index contributed by atoms with van der Waals surface area (Å²) >= 11 is 3.44. The zero-order chi connectivity index (χ0) is 15.7. The molecular weight excluding hydrogens is 413 g/mol. The molecule has 3 rings (SSSR count). The van der Waals surface area contributed by atoms with E-state index in [1.165, 1.54) is 0 Å². The predicted molar refractivity (Wildman–Crippen MR) is 106 cm³/mol. The van der Waals surface area contributed by atoms with Gasteiger partial charge < -0.3 is 10.2 Å². The second-order valence-electron chi connectivity index (χ2n) is 6.72. The van der Waals surface area contributed by atoms with Crippen molar-refractivity contribution in [2.24, 2.45) is 11.1 Å². The van der Waals surface area contributed by atoms with Crippen LogP contribution in [0.1, 0.15) is 26.2 Å². The zero-order valence-corrected chi connectivity index (χ0v) is 17.1. The highest BCUT2D eigenvalue weighted by molar-refractivity contribution is 9.10. The van der Waals surface area contributed by atoms with Gasteiger partial charge in [0, 0.05) is 29.2 Å². The number of nitrogens with two attached hydrogens (primary N) is 1. The van der Waals surface area contributed by atoms with Crippen LogP contribution in [0.15, 0.2) is 39.4 Å². The fourth-order valence-corrected chi connectivity index (χ4v) is 3.21. The molecule has 134 valence electrons. The summed E-state index contributed by atoms with van der Waals surface area (Å²) in [5, 5.41) is 0. The fourth-order valence-electron chi connectivity index (χ4n) is 2.94. The first kappa shape index (κ1) is 21.5. The Morgan fingerprint density at radius 1 is 1.29 bits per heavy atom. The van der Waals surface area contributed by atoms with Gasteiger partial charge in [-0.1, -0.05) is 41.9 Å². The van der Waals surface area contributed by atoms with E-state index in [4.69, 9.17) is 10.2 Å². The summed E-state index contributed by atoms with van der Waals surface area (Å²) in [6, 6.07) is 8.33. The molecule has 0 spiro atoms. The minimum absolute atomic E-state index is 0. The van der Waals surface area contributed by atoms with E-state index < -0.39 is 0 Å². The van der Waals surface area contributed by atoms with E-state index in [-0.39, 0.29) is 36.3 Å². The van der Waals surface area contributed by atoms with Crippen molar-refractivity contribution < 1.29 is 4.42 Å². The van der Waals surface area contributed by atoms with Crippen LogP contribution in [-0.2, 0) is 6.54 Å². The molecule has 2 aromatic rings. The van der Waals surface area contributed by atoms with Crippen LogP contribution < -0.4 is 5.73 Å². The Morgan fingerprint density at radius 2 is 1.96 bits per heavy atom. The van der Waals surface area contributed by atoms with Gasteiger partial charge in [-0.3, -0.25) is 4.90 Å². The van der Waals surface area contributed by atoms with Crippen LogP contribution >= 0.6 is 40.7 Å². The molecule has 1 fully saturated rings.